The lowest BCUT2D eigenvalue weighted by Gasteiger charge is -2.16. The van der Waals surface area contributed by atoms with Crippen LogP contribution in [0.2, 0.25) is 0 Å². The third kappa shape index (κ3) is 4.85. The first-order valence-electron chi connectivity index (χ1n) is 15.7. The van der Waals surface area contributed by atoms with Gasteiger partial charge in [-0.25, -0.2) is 0 Å². The molecule has 2 nitrogen and oxygen atoms in total. The Kier molecular flexibility index (Phi) is 6.96. The molecule has 0 amide bonds. The summed E-state index contributed by atoms with van der Waals surface area (Å²) in [4.78, 5) is 8.86. The second kappa shape index (κ2) is 11.6. The summed E-state index contributed by atoms with van der Waals surface area (Å²) < 4.78 is 0. The number of hydrogen-bond acceptors (Lipinski definition) is 2. The molecule has 8 aromatic rings. The van der Waals surface area contributed by atoms with E-state index in [4.69, 9.17) is 0 Å². The van der Waals surface area contributed by atoms with Gasteiger partial charge in [-0.05, 0) is 104 Å². The summed E-state index contributed by atoms with van der Waals surface area (Å²) in [6, 6.07) is 50.6. The maximum atomic E-state index is 4.48. The highest BCUT2D eigenvalue weighted by Crippen LogP contribution is 2.41. The largest absolute Gasteiger partial charge is 0.264 e. The zero-order chi connectivity index (χ0) is 31.0. The number of pyridine rings is 2. The summed E-state index contributed by atoms with van der Waals surface area (Å²) >= 11 is 0. The molecule has 218 valence electrons. The minimum atomic E-state index is 1.04. The number of hydrogen-bond donors (Lipinski definition) is 0. The van der Waals surface area contributed by atoms with E-state index < -0.39 is 0 Å². The molecular formula is C44H32N2. The molecule has 6 aromatic carbocycles. The fourth-order valence-corrected chi connectivity index (χ4v) is 6.81. The molecule has 0 aliphatic rings. The Morgan fingerprint density at radius 3 is 1.48 bits per heavy atom. The molecule has 0 atom stereocenters. The van der Waals surface area contributed by atoms with Gasteiger partial charge in [-0.2, -0.15) is 0 Å². The molecule has 0 spiro atoms. The Morgan fingerprint density at radius 2 is 0.891 bits per heavy atom. The van der Waals surface area contributed by atoms with Crippen LogP contribution in [0.25, 0.3) is 77.2 Å². The molecule has 0 saturated heterocycles. The Labute approximate surface area is 269 Å². The molecule has 0 fully saturated rings. The number of fused-ring (bicyclic) bond motifs is 2. The van der Waals surface area contributed by atoms with Gasteiger partial charge in [-0.3, -0.25) is 9.97 Å². The molecule has 0 aliphatic heterocycles. The van der Waals surface area contributed by atoms with Crippen molar-refractivity contribution in [2.45, 2.75) is 13.8 Å². The zero-order valence-electron chi connectivity index (χ0n) is 25.9. The van der Waals surface area contributed by atoms with Gasteiger partial charge < -0.3 is 0 Å². The number of nitrogens with zero attached hydrogens (tertiary/aromatic N) is 2. The summed E-state index contributed by atoms with van der Waals surface area (Å²) in [5.41, 5.74) is 14.3. The van der Waals surface area contributed by atoms with E-state index in [1.54, 1.807) is 0 Å². The van der Waals surface area contributed by atoms with E-state index in [1.165, 1.54) is 82.7 Å². The van der Waals surface area contributed by atoms with Gasteiger partial charge in [0.1, 0.15) is 0 Å². The summed E-state index contributed by atoms with van der Waals surface area (Å²) in [7, 11) is 0. The maximum Gasteiger partial charge on any atom is 0.0450 e. The number of aryl methyl sites for hydroxylation is 2. The maximum absolute atomic E-state index is 4.48. The highest BCUT2D eigenvalue weighted by molar-refractivity contribution is 6.12. The van der Waals surface area contributed by atoms with Gasteiger partial charge in [-0.15, -0.1) is 0 Å². The highest BCUT2D eigenvalue weighted by atomic mass is 14.7. The summed E-state index contributed by atoms with van der Waals surface area (Å²) in [5.74, 6) is 0. The third-order valence-corrected chi connectivity index (χ3v) is 9.18. The van der Waals surface area contributed by atoms with Crippen molar-refractivity contribution in [3.8, 4) is 55.6 Å². The van der Waals surface area contributed by atoms with Gasteiger partial charge in [-0.1, -0.05) is 121 Å². The molecule has 2 aromatic heterocycles. The van der Waals surface area contributed by atoms with E-state index in [0.717, 1.165) is 5.69 Å². The second-order valence-electron chi connectivity index (χ2n) is 11.9. The molecule has 0 radical (unpaired) electrons. The fourth-order valence-electron chi connectivity index (χ4n) is 6.81. The average molecular weight is 589 g/mol. The van der Waals surface area contributed by atoms with Gasteiger partial charge in [0.05, 0.1) is 0 Å². The van der Waals surface area contributed by atoms with Crippen molar-refractivity contribution in [3.63, 3.8) is 0 Å². The van der Waals surface area contributed by atoms with Crippen molar-refractivity contribution in [3.05, 3.63) is 169 Å². The summed E-state index contributed by atoms with van der Waals surface area (Å²) in [5, 5.41) is 4.99. The van der Waals surface area contributed by atoms with Crippen LogP contribution in [0.1, 0.15) is 11.3 Å². The van der Waals surface area contributed by atoms with Crippen LogP contribution in [0.5, 0.6) is 0 Å². The Hall–Kier alpha value is -5.86. The van der Waals surface area contributed by atoms with E-state index in [1.807, 2.05) is 24.7 Å². The lowest BCUT2D eigenvalue weighted by atomic mass is 9.87. The van der Waals surface area contributed by atoms with Crippen molar-refractivity contribution in [2.75, 3.05) is 0 Å². The van der Waals surface area contributed by atoms with E-state index in [-0.39, 0.29) is 0 Å². The highest BCUT2D eigenvalue weighted by Gasteiger charge is 2.15. The number of rotatable bonds is 5. The Balaban J connectivity index is 1.23. The molecule has 0 aliphatic carbocycles. The first-order valence-corrected chi connectivity index (χ1v) is 15.7. The molecule has 0 bridgehead atoms. The molecule has 2 heterocycles. The molecule has 0 N–H and O–H groups in total. The zero-order valence-corrected chi connectivity index (χ0v) is 25.9. The molecule has 0 saturated carbocycles. The Morgan fingerprint density at radius 1 is 0.370 bits per heavy atom. The van der Waals surface area contributed by atoms with Crippen LogP contribution in [-0.2, 0) is 0 Å². The van der Waals surface area contributed by atoms with Gasteiger partial charge in [0.2, 0.25) is 0 Å². The third-order valence-electron chi connectivity index (χ3n) is 9.18. The van der Waals surface area contributed by atoms with E-state index in [9.17, 15) is 0 Å². The minimum absolute atomic E-state index is 1.04. The molecule has 0 unspecified atom stereocenters. The van der Waals surface area contributed by atoms with Gasteiger partial charge in [0, 0.05) is 35.4 Å². The van der Waals surface area contributed by atoms with Crippen molar-refractivity contribution < 1.29 is 0 Å². The van der Waals surface area contributed by atoms with Gasteiger partial charge in [0.25, 0.3) is 0 Å². The van der Waals surface area contributed by atoms with Crippen molar-refractivity contribution in [1.29, 1.82) is 0 Å². The quantitative estimate of drug-likeness (QED) is 0.200. The summed E-state index contributed by atoms with van der Waals surface area (Å²) in [6.45, 7) is 4.20. The van der Waals surface area contributed by atoms with Crippen molar-refractivity contribution >= 4 is 21.5 Å². The standard InChI is InChI=1S/C44H32N2/c1-29-24-26-45-28-44(29)34-10-7-9-33(27-34)37-21-23-43(41-14-6-4-12-39(37)41)42-22-20-36(38-11-3-5-13-40(38)42)32-18-16-31(17-19-32)35-15-8-25-46-30(35)2/h3-28H,1-2H3. The average Bonchev–Trinajstić information content (AvgIpc) is 3.11. The minimum Gasteiger partial charge on any atom is -0.264 e. The lowest BCUT2D eigenvalue weighted by Crippen LogP contribution is -1.90. The van der Waals surface area contributed by atoms with E-state index in [2.05, 4.69) is 157 Å². The molecular weight excluding hydrogens is 556 g/mol. The van der Waals surface area contributed by atoms with Gasteiger partial charge in [0.15, 0.2) is 0 Å². The van der Waals surface area contributed by atoms with Crippen LogP contribution in [0.15, 0.2) is 158 Å². The van der Waals surface area contributed by atoms with Crippen LogP contribution in [0.4, 0.5) is 0 Å². The first kappa shape index (κ1) is 27.7. The normalized spacial score (nSPS) is 11.3. The number of benzene rings is 6. The fraction of sp³-hybridized carbons (Fsp3) is 0.0455. The number of aromatic nitrogens is 2. The van der Waals surface area contributed by atoms with Crippen LogP contribution in [0, 0.1) is 13.8 Å². The van der Waals surface area contributed by atoms with Crippen LogP contribution in [0.3, 0.4) is 0 Å². The Bertz CT molecular complexity index is 2380. The predicted octanol–water partition coefficient (Wildman–Crippen LogP) is 11.7. The van der Waals surface area contributed by atoms with Crippen molar-refractivity contribution in [2.24, 2.45) is 0 Å². The lowest BCUT2D eigenvalue weighted by molar-refractivity contribution is 1.20. The second-order valence-corrected chi connectivity index (χ2v) is 11.9. The SMILES string of the molecule is Cc1ccncc1-c1cccc(-c2ccc(-c3ccc(-c4ccc(-c5cccnc5C)cc4)c4ccccc34)c3ccccc23)c1. The van der Waals surface area contributed by atoms with Crippen LogP contribution < -0.4 is 0 Å². The smallest absolute Gasteiger partial charge is 0.0450 e. The van der Waals surface area contributed by atoms with Crippen LogP contribution in [-0.4, -0.2) is 9.97 Å². The first-order chi connectivity index (χ1) is 22.7. The summed E-state index contributed by atoms with van der Waals surface area (Å²) in [6.07, 6.45) is 5.66. The predicted molar refractivity (Wildman–Crippen MR) is 194 cm³/mol. The van der Waals surface area contributed by atoms with Gasteiger partial charge >= 0.3 is 0 Å². The van der Waals surface area contributed by atoms with E-state index in [0.29, 0.717) is 0 Å². The molecule has 8 rings (SSSR count). The topological polar surface area (TPSA) is 25.8 Å². The van der Waals surface area contributed by atoms with E-state index >= 15 is 0 Å². The monoisotopic (exact) mass is 588 g/mol. The van der Waals surface area contributed by atoms with Crippen molar-refractivity contribution in [1.82, 2.24) is 9.97 Å². The molecule has 2 heteroatoms. The molecule has 46 heavy (non-hydrogen) atoms. The van der Waals surface area contributed by atoms with Crippen LogP contribution >= 0.6 is 0 Å².